The highest BCUT2D eigenvalue weighted by atomic mass is 16.5. The van der Waals surface area contributed by atoms with Gasteiger partial charge < -0.3 is 19.5 Å². The highest BCUT2D eigenvalue weighted by Gasteiger charge is 2.34. The van der Waals surface area contributed by atoms with Crippen LogP contribution in [0.4, 0.5) is 5.69 Å². The summed E-state index contributed by atoms with van der Waals surface area (Å²) in [7, 11) is 0. The number of ether oxygens (including phenoxy) is 2. The molecule has 2 aromatic rings. The fraction of sp³-hybridized carbons (Fsp3) is 0.619. The molecular weight excluding hydrogens is 356 g/mol. The van der Waals surface area contributed by atoms with E-state index in [0.29, 0.717) is 5.41 Å². The Kier molecular flexibility index (Phi) is 5.55. The average Bonchev–Trinajstić information content (AvgIpc) is 3.13. The van der Waals surface area contributed by atoms with E-state index in [0.717, 1.165) is 61.8 Å². The molecule has 0 bridgehead atoms. The first kappa shape index (κ1) is 19.2. The normalized spacial score (nSPS) is 21.4. The van der Waals surface area contributed by atoms with E-state index in [-0.39, 0.29) is 19.3 Å². The maximum absolute atomic E-state index is 9.20. The Morgan fingerprint density at radius 2 is 2.14 bits per heavy atom. The second kappa shape index (κ2) is 8.09. The van der Waals surface area contributed by atoms with Crippen LogP contribution in [0.5, 0.6) is 5.75 Å². The average molecular weight is 386 g/mol. The molecule has 7 heteroatoms. The summed E-state index contributed by atoms with van der Waals surface area (Å²) < 4.78 is 13.5. The van der Waals surface area contributed by atoms with Crippen LogP contribution in [0.2, 0.25) is 0 Å². The number of hydrogen-bond donors (Lipinski definition) is 1. The molecule has 3 heterocycles. The molecule has 7 nitrogen and oxygen atoms in total. The van der Waals surface area contributed by atoms with Gasteiger partial charge >= 0.3 is 0 Å². The topological polar surface area (TPSA) is 72.6 Å². The highest BCUT2D eigenvalue weighted by Crippen LogP contribution is 2.38. The second-order valence-corrected chi connectivity index (χ2v) is 8.59. The van der Waals surface area contributed by atoms with Crippen molar-refractivity contribution in [3.05, 3.63) is 24.4 Å². The van der Waals surface area contributed by atoms with E-state index in [4.69, 9.17) is 9.47 Å². The van der Waals surface area contributed by atoms with E-state index in [1.807, 2.05) is 23.0 Å². The summed E-state index contributed by atoms with van der Waals surface area (Å²) in [5.41, 5.74) is 3.17. The SMILES string of the molecule is CC1(C)CN(c2ccc(-c3cn(C[C@H]4CCCCO4)nn3)c(OCCO)c2)C1. The summed E-state index contributed by atoms with van der Waals surface area (Å²) in [4.78, 5) is 2.34. The fourth-order valence-electron chi connectivity index (χ4n) is 4.04. The molecule has 0 aliphatic carbocycles. The van der Waals surface area contributed by atoms with Gasteiger partial charge in [0.1, 0.15) is 18.1 Å². The molecule has 2 aliphatic rings. The molecule has 1 aromatic heterocycles. The summed E-state index contributed by atoms with van der Waals surface area (Å²) in [6.07, 6.45) is 5.59. The van der Waals surface area contributed by atoms with Gasteiger partial charge in [0, 0.05) is 37.0 Å². The monoisotopic (exact) mass is 386 g/mol. The third-order valence-corrected chi connectivity index (χ3v) is 5.40. The van der Waals surface area contributed by atoms with Crippen molar-refractivity contribution < 1.29 is 14.6 Å². The molecule has 0 spiro atoms. The Bertz CT molecular complexity index is 791. The van der Waals surface area contributed by atoms with Crippen molar-refractivity contribution >= 4 is 5.69 Å². The van der Waals surface area contributed by atoms with E-state index in [9.17, 15) is 5.11 Å². The van der Waals surface area contributed by atoms with E-state index < -0.39 is 0 Å². The summed E-state index contributed by atoms with van der Waals surface area (Å²) in [5, 5.41) is 17.8. The van der Waals surface area contributed by atoms with Gasteiger partial charge in [-0.25, -0.2) is 4.68 Å². The molecular formula is C21H30N4O3. The van der Waals surface area contributed by atoms with E-state index >= 15 is 0 Å². The maximum atomic E-state index is 9.20. The quantitative estimate of drug-likeness (QED) is 0.789. The smallest absolute Gasteiger partial charge is 0.131 e. The molecule has 0 unspecified atom stereocenters. The molecule has 0 saturated carbocycles. The molecule has 2 fully saturated rings. The number of hydrogen-bond acceptors (Lipinski definition) is 6. The number of aromatic nitrogens is 3. The molecule has 1 aromatic carbocycles. The number of nitrogens with zero attached hydrogens (tertiary/aromatic N) is 4. The molecule has 0 radical (unpaired) electrons. The molecule has 4 rings (SSSR count). The number of aliphatic hydroxyl groups is 1. The van der Waals surface area contributed by atoms with Crippen LogP contribution in [0.15, 0.2) is 24.4 Å². The van der Waals surface area contributed by atoms with Gasteiger partial charge in [0.15, 0.2) is 0 Å². The van der Waals surface area contributed by atoms with Crippen molar-refractivity contribution in [2.75, 3.05) is 37.8 Å². The molecule has 2 saturated heterocycles. The summed E-state index contributed by atoms with van der Waals surface area (Å²) >= 11 is 0. The van der Waals surface area contributed by atoms with Crippen molar-refractivity contribution in [1.29, 1.82) is 0 Å². The molecule has 2 aliphatic heterocycles. The van der Waals surface area contributed by atoms with Crippen molar-refractivity contribution in [3.8, 4) is 17.0 Å². The predicted octanol–water partition coefficient (Wildman–Crippen LogP) is 2.73. The Morgan fingerprint density at radius 1 is 1.29 bits per heavy atom. The third kappa shape index (κ3) is 4.31. The molecule has 28 heavy (non-hydrogen) atoms. The highest BCUT2D eigenvalue weighted by molar-refractivity contribution is 5.71. The van der Waals surface area contributed by atoms with Crippen LogP contribution in [0.25, 0.3) is 11.3 Å². The van der Waals surface area contributed by atoms with E-state index in [1.165, 1.54) is 6.42 Å². The maximum Gasteiger partial charge on any atom is 0.131 e. The van der Waals surface area contributed by atoms with Gasteiger partial charge in [0.05, 0.1) is 25.5 Å². The van der Waals surface area contributed by atoms with Crippen LogP contribution in [-0.2, 0) is 11.3 Å². The molecule has 1 atom stereocenters. The van der Waals surface area contributed by atoms with Crippen LogP contribution in [0.1, 0.15) is 33.1 Å². The van der Waals surface area contributed by atoms with Gasteiger partial charge in [-0.15, -0.1) is 5.10 Å². The van der Waals surface area contributed by atoms with Crippen LogP contribution in [-0.4, -0.2) is 59.1 Å². The van der Waals surface area contributed by atoms with Crippen LogP contribution in [0.3, 0.4) is 0 Å². The first-order chi connectivity index (χ1) is 13.5. The second-order valence-electron chi connectivity index (χ2n) is 8.59. The summed E-state index contributed by atoms with van der Waals surface area (Å²) in [6, 6.07) is 6.20. The van der Waals surface area contributed by atoms with Crippen LogP contribution < -0.4 is 9.64 Å². The lowest BCUT2D eigenvalue weighted by atomic mass is 9.84. The Hall–Kier alpha value is -2.12. The van der Waals surface area contributed by atoms with Gasteiger partial charge in [-0.2, -0.15) is 0 Å². The zero-order chi connectivity index (χ0) is 19.6. The zero-order valence-corrected chi connectivity index (χ0v) is 16.8. The third-order valence-electron chi connectivity index (χ3n) is 5.40. The lowest BCUT2D eigenvalue weighted by Crippen LogP contribution is -2.53. The van der Waals surface area contributed by atoms with Gasteiger partial charge in [0.2, 0.25) is 0 Å². The standard InChI is InChI=1S/C21H30N4O3/c1-21(2)14-24(15-21)16-6-7-18(20(11-16)28-10-8-26)19-13-25(23-22-19)12-17-5-3-4-9-27-17/h6-7,11,13,17,26H,3-5,8-10,12,14-15H2,1-2H3/t17-/m1/s1. The molecule has 0 amide bonds. The van der Waals surface area contributed by atoms with E-state index in [1.54, 1.807) is 0 Å². The zero-order valence-electron chi connectivity index (χ0n) is 16.8. The fourth-order valence-corrected chi connectivity index (χ4v) is 4.04. The number of anilines is 1. The minimum Gasteiger partial charge on any atom is -0.490 e. The molecule has 152 valence electrons. The van der Waals surface area contributed by atoms with Gasteiger partial charge in [-0.3, -0.25) is 0 Å². The first-order valence-electron chi connectivity index (χ1n) is 10.2. The van der Waals surface area contributed by atoms with Gasteiger partial charge in [0.25, 0.3) is 0 Å². The Labute approximate surface area is 166 Å². The number of rotatable bonds is 7. The number of aliphatic hydroxyl groups excluding tert-OH is 1. The predicted molar refractivity (Wildman–Crippen MR) is 108 cm³/mol. The van der Waals surface area contributed by atoms with Gasteiger partial charge in [-0.1, -0.05) is 19.1 Å². The lowest BCUT2D eigenvalue weighted by Gasteiger charge is -2.47. The van der Waals surface area contributed by atoms with Crippen molar-refractivity contribution in [1.82, 2.24) is 15.0 Å². The Morgan fingerprint density at radius 3 is 2.86 bits per heavy atom. The minimum atomic E-state index is -0.0217. The van der Waals surface area contributed by atoms with Crippen molar-refractivity contribution in [2.24, 2.45) is 5.41 Å². The van der Waals surface area contributed by atoms with E-state index in [2.05, 4.69) is 35.1 Å². The van der Waals surface area contributed by atoms with Crippen LogP contribution >= 0.6 is 0 Å². The largest absolute Gasteiger partial charge is 0.490 e. The molecule has 1 N–H and O–H groups in total. The van der Waals surface area contributed by atoms with Crippen molar-refractivity contribution in [3.63, 3.8) is 0 Å². The first-order valence-corrected chi connectivity index (χ1v) is 10.2. The van der Waals surface area contributed by atoms with Gasteiger partial charge in [-0.05, 0) is 36.8 Å². The number of benzene rings is 1. The van der Waals surface area contributed by atoms with Crippen LogP contribution in [0, 0.1) is 5.41 Å². The van der Waals surface area contributed by atoms with Crippen molar-refractivity contribution in [2.45, 2.75) is 45.8 Å². The summed E-state index contributed by atoms with van der Waals surface area (Å²) in [5.74, 6) is 0.734. The Balaban J connectivity index is 1.52. The lowest BCUT2D eigenvalue weighted by molar-refractivity contribution is 0.00370. The summed E-state index contributed by atoms with van der Waals surface area (Å²) in [6.45, 7) is 8.40. The minimum absolute atomic E-state index is 0.0217.